The van der Waals surface area contributed by atoms with Crippen molar-refractivity contribution >= 4 is 11.6 Å². The van der Waals surface area contributed by atoms with Gasteiger partial charge < -0.3 is 5.11 Å². The van der Waals surface area contributed by atoms with Crippen LogP contribution in [0, 0.1) is 5.92 Å². The van der Waals surface area contributed by atoms with E-state index in [0.29, 0.717) is 11.8 Å². The lowest BCUT2D eigenvalue weighted by Gasteiger charge is -2.40. The van der Waals surface area contributed by atoms with Gasteiger partial charge in [-0.1, -0.05) is 54.1 Å². The molecule has 2 aromatic carbocycles. The molecule has 0 spiro atoms. The molecule has 2 nitrogen and oxygen atoms in total. The topological polar surface area (TPSA) is 23.5 Å². The quantitative estimate of drug-likeness (QED) is 0.902. The maximum atomic E-state index is 10.2. The van der Waals surface area contributed by atoms with Gasteiger partial charge in [0.15, 0.2) is 0 Å². The van der Waals surface area contributed by atoms with Crippen LogP contribution in [0.5, 0.6) is 0 Å². The van der Waals surface area contributed by atoms with Crippen molar-refractivity contribution in [3.05, 3.63) is 70.7 Å². The van der Waals surface area contributed by atoms with E-state index in [9.17, 15) is 5.11 Å². The summed E-state index contributed by atoms with van der Waals surface area (Å²) < 4.78 is 0. The fourth-order valence-corrected chi connectivity index (χ4v) is 3.79. The molecule has 3 heteroatoms. The fraction of sp³-hybridized carbons (Fsp3) is 0.400. The van der Waals surface area contributed by atoms with E-state index in [-0.39, 0.29) is 6.10 Å². The second-order valence-corrected chi connectivity index (χ2v) is 7.01. The Morgan fingerprint density at radius 2 is 1.83 bits per heavy atom. The van der Waals surface area contributed by atoms with Gasteiger partial charge in [0.05, 0.1) is 6.10 Å². The predicted molar refractivity (Wildman–Crippen MR) is 95.7 cm³/mol. The lowest BCUT2D eigenvalue weighted by atomic mass is 9.78. The van der Waals surface area contributed by atoms with Gasteiger partial charge in [-0.15, -0.1) is 0 Å². The Balaban J connectivity index is 1.77. The Morgan fingerprint density at radius 1 is 1.13 bits per heavy atom. The number of hydrogen-bond acceptors (Lipinski definition) is 2. The minimum absolute atomic E-state index is 0.283. The van der Waals surface area contributed by atoms with Crippen LogP contribution >= 0.6 is 11.6 Å². The number of aliphatic hydroxyl groups is 1. The zero-order chi connectivity index (χ0) is 16.2. The number of piperidine rings is 1. The third-order valence-corrected chi connectivity index (χ3v) is 5.17. The highest BCUT2D eigenvalue weighted by Crippen LogP contribution is 2.35. The Morgan fingerprint density at radius 3 is 2.48 bits per heavy atom. The molecule has 0 radical (unpaired) electrons. The van der Waals surface area contributed by atoms with Crippen molar-refractivity contribution in [1.29, 1.82) is 0 Å². The van der Waals surface area contributed by atoms with E-state index < -0.39 is 0 Å². The highest BCUT2D eigenvalue weighted by Gasteiger charge is 2.33. The average molecular weight is 330 g/mol. The van der Waals surface area contributed by atoms with E-state index in [1.807, 2.05) is 19.1 Å². The molecule has 1 fully saturated rings. The lowest BCUT2D eigenvalue weighted by Crippen LogP contribution is -2.42. The van der Waals surface area contributed by atoms with Crippen molar-refractivity contribution in [3.8, 4) is 0 Å². The van der Waals surface area contributed by atoms with Gasteiger partial charge in [0, 0.05) is 24.0 Å². The first-order chi connectivity index (χ1) is 11.1. The van der Waals surface area contributed by atoms with Gasteiger partial charge in [0.2, 0.25) is 0 Å². The number of aliphatic hydroxyl groups excluding tert-OH is 1. The predicted octanol–water partition coefficient (Wildman–Crippen LogP) is 4.33. The van der Waals surface area contributed by atoms with Crippen LogP contribution < -0.4 is 0 Å². The molecular weight excluding hydrogens is 306 g/mol. The van der Waals surface area contributed by atoms with E-state index in [1.54, 1.807) is 0 Å². The largest absolute Gasteiger partial charge is 0.393 e. The normalized spacial score (nSPS) is 23.6. The van der Waals surface area contributed by atoms with Gasteiger partial charge in [0.25, 0.3) is 0 Å². The van der Waals surface area contributed by atoms with E-state index >= 15 is 0 Å². The van der Waals surface area contributed by atoms with Crippen molar-refractivity contribution in [2.24, 2.45) is 5.92 Å². The zero-order valence-corrected chi connectivity index (χ0v) is 14.3. The van der Waals surface area contributed by atoms with Crippen LogP contribution in [0.3, 0.4) is 0 Å². The van der Waals surface area contributed by atoms with Crippen LogP contribution in [0.25, 0.3) is 0 Å². The van der Waals surface area contributed by atoms with Crippen LogP contribution in [0.4, 0.5) is 0 Å². The van der Waals surface area contributed by atoms with Crippen LogP contribution in [0.1, 0.15) is 30.4 Å². The van der Waals surface area contributed by atoms with Gasteiger partial charge in [-0.2, -0.15) is 0 Å². The van der Waals surface area contributed by atoms with Crippen LogP contribution in [0.2, 0.25) is 5.02 Å². The second kappa shape index (κ2) is 7.48. The fourth-order valence-electron chi connectivity index (χ4n) is 3.66. The SMILES string of the molecule is CC(O)C1CCN(Cc2ccccc2)C[C@@H]1c1ccc(Cl)cc1. The van der Waals surface area contributed by atoms with Crippen molar-refractivity contribution in [2.45, 2.75) is 31.9 Å². The minimum atomic E-state index is -0.283. The minimum Gasteiger partial charge on any atom is -0.393 e. The number of rotatable bonds is 4. The molecule has 0 aromatic heterocycles. The highest BCUT2D eigenvalue weighted by atomic mass is 35.5. The molecule has 1 aliphatic rings. The molecular formula is C20H24ClNO. The lowest BCUT2D eigenvalue weighted by molar-refractivity contribution is 0.0520. The molecule has 2 unspecified atom stereocenters. The first kappa shape index (κ1) is 16.5. The molecule has 0 bridgehead atoms. The molecule has 3 rings (SSSR count). The van der Waals surface area contributed by atoms with Gasteiger partial charge in [-0.25, -0.2) is 0 Å². The molecule has 0 amide bonds. The Labute approximate surface area is 143 Å². The van der Waals surface area contributed by atoms with Crippen LogP contribution in [-0.4, -0.2) is 29.2 Å². The van der Waals surface area contributed by atoms with E-state index in [4.69, 9.17) is 11.6 Å². The zero-order valence-electron chi connectivity index (χ0n) is 13.5. The van der Waals surface area contributed by atoms with Crippen molar-refractivity contribution in [3.63, 3.8) is 0 Å². The summed E-state index contributed by atoms with van der Waals surface area (Å²) in [6.45, 7) is 4.90. The molecule has 1 saturated heterocycles. The molecule has 1 heterocycles. The maximum absolute atomic E-state index is 10.2. The Bertz CT molecular complexity index is 611. The molecule has 2 aromatic rings. The summed E-state index contributed by atoms with van der Waals surface area (Å²) in [4.78, 5) is 2.49. The summed E-state index contributed by atoms with van der Waals surface area (Å²) >= 11 is 6.03. The number of hydrogen-bond donors (Lipinski definition) is 1. The van der Waals surface area contributed by atoms with Crippen molar-refractivity contribution in [2.75, 3.05) is 13.1 Å². The number of likely N-dealkylation sites (tertiary alicyclic amines) is 1. The van der Waals surface area contributed by atoms with Crippen LogP contribution in [-0.2, 0) is 6.54 Å². The summed E-state index contributed by atoms with van der Waals surface area (Å²) in [5, 5.41) is 11.0. The van der Waals surface area contributed by atoms with Crippen molar-refractivity contribution < 1.29 is 5.11 Å². The smallest absolute Gasteiger partial charge is 0.0547 e. The molecule has 3 atom stereocenters. The third-order valence-electron chi connectivity index (χ3n) is 4.92. The first-order valence-corrected chi connectivity index (χ1v) is 8.71. The van der Waals surface area contributed by atoms with Gasteiger partial charge >= 0.3 is 0 Å². The molecule has 23 heavy (non-hydrogen) atoms. The van der Waals surface area contributed by atoms with E-state index in [2.05, 4.69) is 47.4 Å². The summed E-state index contributed by atoms with van der Waals surface area (Å²) in [6, 6.07) is 18.7. The van der Waals surface area contributed by atoms with E-state index in [1.165, 1.54) is 11.1 Å². The number of benzene rings is 2. The number of halogens is 1. The molecule has 1 N–H and O–H groups in total. The van der Waals surface area contributed by atoms with Crippen molar-refractivity contribution in [1.82, 2.24) is 4.90 Å². The summed E-state index contributed by atoms with van der Waals surface area (Å²) in [5.41, 5.74) is 2.62. The molecule has 122 valence electrons. The summed E-state index contributed by atoms with van der Waals surface area (Å²) in [7, 11) is 0. The highest BCUT2D eigenvalue weighted by molar-refractivity contribution is 6.30. The Hall–Kier alpha value is -1.35. The Kier molecular flexibility index (Phi) is 5.37. The average Bonchev–Trinajstić information content (AvgIpc) is 2.56. The first-order valence-electron chi connectivity index (χ1n) is 8.33. The van der Waals surface area contributed by atoms with Gasteiger partial charge in [-0.05, 0) is 49.1 Å². The van der Waals surface area contributed by atoms with Gasteiger partial charge in [-0.3, -0.25) is 4.90 Å². The maximum Gasteiger partial charge on any atom is 0.0547 e. The van der Waals surface area contributed by atoms with Gasteiger partial charge in [0.1, 0.15) is 0 Å². The number of nitrogens with zero attached hydrogens (tertiary/aromatic N) is 1. The third kappa shape index (κ3) is 4.14. The summed E-state index contributed by atoms with van der Waals surface area (Å²) in [5.74, 6) is 0.660. The van der Waals surface area contributed by atoms with Crippen LogP contribution in [0.15, 0.2) is 54.6 Å². The summed E-state index contributed by atoms with van der Waals surface area (Å²) in [6.07, 6.45) is 0.743. The monoisotopic (exact) mass is 329 g/mol. The molecule has 0 aliphatic carbocycles. The molecule has 1 aliphatic heterocycles. The van der Waals surface area contributed by atoms with E-state index in [0.717, 1.165) is 31.1 Å². The molecule has 0 saturated carbocycles. The standard InChI is InChI=1S/C20H24ClNO/c1-15(23)19-11-12-22(13-16-5-3-2-4-6-16)14-20(19)17-7-9-18(21)10-8-17/h2-10,15,19-20,23H,11-14H2,1H3/t15?,19?,20-/m1/s1. The second-order valence-electron chi connectivity index (χ2n) is 6.57.